The van der Waals surface area contributed by atoms with Gasteiger partial charge >= 0.3 is 5.97 Å². The summed E-state index contributed by atoms with van der Waals surface area (Å²) in [5.41, 5.74) is 0.660. The monoisotopic (exact) mass is 264 g/mol. The van der Waals surface area contributed by atoms with Crippen LogP contribution in [0.15, 0.2) is 35.9 Å². The summed E-state index contributed by atoms with van der Waals surface area (Å²) in [4.78, 5) is 10.4. The summed E-state index contributed by atoms with van der Waals surface area (Å²) in [6.45, 7) is 6.07. The first kappa shape index (κ1) is 15.1. The highest BCUT2D eigenvalue weighted by atomic mass is 16.5. The fraction of sp³-hybridized carbons (Fsp3) is 0.400. The van der Waals surface area contributed by atoms with Crippen LogP contribution in [0, 0.1) is 0 Å². The molecular weight excluding hydrogens is 244 g/mol. The molecule has 0 aliphatic carbocycles. The highest BCUT2D eigenvalue weighted by molar-refractivity contribution is 5.80. The Kier molecular flexibility index (Phi) is 5.93. The maximum atomic E-state index is 10.4. The number of benzene rings is 1. The van der Waals surface area contributed by atoms with Crippen molar-refractivity contribution in [2.75, 3.05) is 6.61 Å². The molecule has 1 N–H and O–H groups in total. The SMILES string of the molecule is CCC(C)Oc1ccc(OC/C(C)=C/C(=O)O)cc1. The van der Waals surface area contributed by atoms with E-state index < -0.39 is 5.97 Å². The van der Waals surface area contributed by atoms with E-state index in [2.05, 4.69) is 6.92 Å². The van der Waals surface area contributed by atoms with Gasteiger partial charge in [-0.1, -0.05) is 6.92 Å². The molecule has 104 valence electrons. The van der Waals surface area contributed by atoms with Crippen molar-refractivity contribution in [3.05, 3.63) is 35.9 Å². The van der Waals surface area contributed by atoms with Gasteiger partial charge in [0, 0.05) is 6.08 Å². The number of hydrogen-bond acceptors (Lipinski definition) is 3. The van der Waals surface area contributed by atoms with Crippen LogP contribution >= 0.6 is 0 Å². The first-order valence-electron chi connectivity index (χ1n) is 6.31. The molecule has 4 heteroatoms. The fourth-order valence-electron chi connectivity index (χ4n) is 1.38. The van der Waals surface area contributed by atoms with Crippen molar-refractivity contribution in [3.8, 4) is 11.5 Å². The average molecular weight is 264 g/mol. The Morgan fingerprint density at radius 1 is 1.32 bits per heavy atom. The third-order valence-corrected chi connectivity index (χ3v) is 2.57. The van der Waals surface area contributed by atoms with E-state index in [0.717, 1.165) is 18.2 Å². The van der Waals surface area contributed by atoms with Crippen LogP contribution in [0.3, 0.4) is 0 Å². The van der Waals surface area contributed by atoms with Crippen molar-refractivity contribution in [3.63, 3.8) is 0 Å². The van der Waals surface area contributed by atoms with Gasteiger partial charge in [0.05, 0.1) is 6.10 Å². The molecule has 0 bridgehead atoms. The Labute approximate surface area is 113 Å². The van der Waals surface area contributed by atoms with Crippen molar-refractivity contribution in [2.45, 2.75) is 33.3 Å². The second-order valence-corrected chi connectivity index (χ2v) is 4.43. The second kappa shape index (κ2) is 7.46. The quantitative estimate of drug-likeness (QED) is 0.768. The van der Waals surface area contributed by atoms with Gasteiger partial charge in [0.25, 0.3) is 0 Å². The number of ether oxygens (including phenoxy) is 2. The average Bonchev–Trinajstić information content (AvgIpc) is 2.37. The molecule has 0 radical (unpaired) electrons. The lowest BCUT2D eigenvalue weighted by Gasteiger charge is -2.13. The van der Waals surface area contributed by atoms with E-state index in [1.165, 1.54) is 0 Å². The lowest BCUT2D eigenvalue weighted by Crippen LogP contribution is -2.09. The molecule has 1 rings (SSSR count). The molecule has 0 saturated carbocycles. The van der Waals surface area contributed by atoms with Crippen molar-refractivity contribution in [1.82, 2.24) is 0 Å². The highest BCUT2D eigenvalue weighted by Crippen LogP contribution is 2.19. The van der Waals surface area contributed by atoms with Crippen molar-refractivity contribution >= 4 is 5.97 Å². The summed E-state index contributed by atoms with van der Waals surface area (Å²) in [6, 6.07) is 7.31. The molecular formula is C15H20O4. The molecule has 0 aliphatic rings. The largest absolute Gasteiger partial charge is 0.491 e. The Morgan fingerprint density at radius 3 is 2.42 bits per heavy atom. The lowest BCUT2D eigenvalue weighted by molar-refractivity contribution is -0.131. The number of hydrogen-bond donors (Lipinski definition) is 1. The van der Waals surface area contributed by atoms with Crippen LogP contribution in [0.25, 0.3) is 0 Å². The van der Waals surface area contributed by atoms with Crippen LogP contribution in [0.5, 0.6) is 11.5 Å². The minimum atomic E-state index is -0.960. The van der Waals surface area contributed by atoms with Crippen molar-refractivity contribution < 1.29 is 19.4 Å². The van der Waals surface area contributed by atoms with Gasteiger partial charge in [-0.3, -0.25) is 0 Å². The molecule has 0 amide bonds. The number of carboxylic acid groups (broad SMARTS) is 1. The van der Waals surface area contributed by atoms with E-state index >= 15 is 0 Å². The van der Waals surface area contributed by atoms with Gasteiger partial charge in [0.1, 0.15) is 18.1 Å². The summed E-state index contributed by atoms with van der Waals surface area (Å²) >= 11 is 0. The molecule has 0 aromatic heterocycles. The maximum Gasteiger partial charge on any atom is 0.328 e. The van der Waals surface area contributed by atoms with E-state index in [0.29, 0.717) is 11.3 Å². The number of carbonyl (C=O) groups is 1. The second-order valence-electron chi connectivity index (χ2n) is 4.43. The Morgan fingerprint density at radius 2 is 1.89 bits per heavy atom. The Bertz CT molecular complexity index is 434. The van der Waals surface area contributed by atoms with Gasteiger partial charge in [0.15, 0.2) is 0 Å². The number of carboxylic acids is 1. The number of aliphatic carboxylic acids is 1. The van der Waals surface area contributed by atoms with E-state index in [-0.39, 0.29) is 12.7 Å². The van der Waals surface area contributed by atoms with E-state index in [4.69, 9.17) is 14.6 Å². The van der Waals surface area contributed by atoms with E-state index in [9.17, 15) is 4.79 Å². The minimum absolute atomic E-state index is 0.188. The highest BCUT2D eigenvalue weighted by Gasteiger charge is 2.02. The van der Waals surface area contributed by atoms with Gasteiger partial charge in [-0.25, -0.2) is 4.79 Å². The summed E-state index contributed by atoms with van der Waals surface area (Å²) in [7, 11) is 0. The van der Waals surface area contributed by atoms with Crippen LogP contribution < -0.4 is 9.47 Å². The minimum Gasteiger partial charge on any atom is -0.491 e. The standard InChI is InChI=1S/C15H20O4/c1-4-12(3)19-14-7-5-13(6-8-14)18-10-11(2)9-15(16)17/h5-9,12H,4,10H2,1-3H3,(H,16,17)/b11-9+. The van der Waals surface area contributed by atoms with E-state index in [1.807, 2.05) is 31.2 Å². The van der Waals surface area contributed by atoms with Crippen molar-refractivity contribution in [1.29, 1.82) is 0 Å². The molecule has 4 nitrogen and oxygen atoms in total. The van der Waals surface area contributed by atoms with Crippen LogP contribution in [0.2, 0.25) is 0 Å². The first-order valence-corrected chi connectivity index (χ1v) is 6.31. The van der Waals surface area contributed by atoms with Crippen LogP contribution in [-0.4, -0.2) is 23.8 Å². The van der Waals surface area contributed by atoms with Gasteiger partial charge < -0.3 is 14.6 Å². The molecule has 1 aromatic rings. The van der Waals surface area contributed by atoms with Crippen LogP contribution in [0.4, 0.5) is 0 Å². The molecule has 0 saturated heterocycles. The summed E-state index contributed by atoms with van der Waals surface area (Å²) in [6.07, 6.45) is 2.28. The zero-order valence-corrected chi connectivity index (χ0v) is 11.6. The van der Waals surface area contributed by atoms with Gasteiger partial charge in [-0.2, -0.15) is 0 Å². The smallest absolute Gasteiger partial charge is 0.328 e. The summed E-state index contributed by atoms with van der Waals surface area (Å²) in [5.74, 6) is 0.535. The third-order valence-electron chi connectivity index (χ3n) is 2.57. The van der Waals surface area contributed by atoms with Gasteiger partial charge in [-0.15, -0.1) is 0 Å². The topological polar surface area (TPSA) is 55.8 Å². The summed E-state index contributed by atoms with van der Waals surface area (Å²) < 4.78 is 11.1. The van der Waals surface area contributed by atoms with Crippen LogP contribution in [-0.2, 0) is 4.79 Å². The molecule has 0 heterocycles. The Balaban J connectivity index is 2.51. The zero-order valence-electron chi connectivity index (χ0n) is 11.6. The molecule has 1 atom stereocenters. The van der Waals surface area contributed by atoms with Gasteiger partial charge in [-0.05, 0) is 50.1 Å². The summed E-state index contributed by atoms with van der Waals surface area (Å²) in [5, 5.41) is 8.58. The predicted molar refractivity (Wildman–Crippen MR) is 73.7 cm³/mol. The maximum absolute atomic E-state index is 10.4. The molecule has 1 unspecified atom stereocenters. The molecule has 1 aromatic carbocycles. The predicted octanol–water partition coefficient (Wildman–Crippen LogP) is 3.27. The van der Waals surface area contributed by atoms with Crippen LogP contribution in [0.1, 0.15) is 27.2 Å². The number of rotatable bonds is 7. The normalized spacial score (nSPS) is 12.9. The van der Waals surface area contributed by atoms with Gasteiger partial charge in [0.2, 0.25) is 0 Å². The zero-order chi connectivity index (χ0) is 14.3. The molecule has 0 aliphatic heterocycles. The fourth-order valence-corrected chi connectivity index (χ4v) is 1.38. The Hall–Kier alpha value is -1.97. The van der Waals surface area contributed by atoms with Crippen molar-refractivity contribution in [2.24, 2.45) is 0 Å². The molecule has 19 heavy (non-hydrogen) atoms. The van der Waals surface area contributed by atoms with E-state index in [1.54, 1.807) is 6.92 Å². The first-order chi connectivity index (χ1) is 9.01. The lowest BCUT2D eigenvalue weighted by atomic mass is 10.3. The third kappa shape index (κ3) is 5.95. The molecule has 0 spiro atoms. The molecule has 0 fully saturated rings.